The Hall–Kier alpha value is -1.65. The molecule has 20 heavy (non-hydrogen) atoms. The summed E-state index contributed by atoms with van der Waals surface area (Å²) in [6.45, 7) is 4.00. The Kier molecular flexibility index (Phi) is 3.85. The van der Waals surface area contributed by atoms with Gasteiger partial charge in [-0.15, -0.1) is 0 Å². The smallest absolute Gasteiger partial charge is 0.122 e. The van der Waals surface area contributed by atoms with Crippen molar-refractivity contribution in [3.63, 3.8) is 0 Å². The van der Waals surface area contributed by atoms with Crippen LogP contribution in [0.5, 0.6) is 0 Å². The highest BCUT2D eigenvalue weighted by molar-refractivity contribution is 5.32. The molecule has 0 fully saturated rings. The molecule has 2 heterocycles. The van der Waals surface area contributed by atoms with Crippen molar-refractivity contribution in [2.75, 3.05) is 20.1 Å². The number of likely N-dealkylation sites (N-methyl/N-ethyl adjacent to an activating group) is 1. The molecule has 106 valence electrons. The zero-order valence-electron chi connectivity index (χ0n) is 12.2. The van der Waals surface area contributed by atoms with E-state index in [4.69, 9.17) is 0 Å². The third-order valence-electron chi connectivity index (χ3n) is 4.07. The van der Waals surface area contributed by atoms with Crippen LogP contribution in [-0.4, -0.2) is 34.6 Å². The van der Waals surface area contributed by atoms with Gasteiger partial charge in [-0.2, -0.15) is 0 Å². The van der Waals surface area contributed by atoms with E-state index in [1.165, 1.54) is 11.1 Å². The first-order valence-corrected chi connectivity index (χ1v) is 7.17. The van der Waals surface area contributed by atoms with Crippen molar-refractivity contribution in [1.29, 1.82) is 0 Å². The summed E-state index contributed by atoms with van der Waals surface area (Å²) >= 11 is 0. The van der Waals surface area contributed by atoms with Crippen LogP contribution < -0.4 is 5.32 Å². The second-order valence-electron chi connectivity index (χ2n) is 5.68. The Labute approximate surface area is 120 Å². The Morgan fingerprint density at radius 2 is 2.25 bits per heavy atom. The highest BCUT2D eigenvalue weighted by atomic mass is 15.2. The minimum absolute atomic E-state index is 0.560. The van der Waals surface area contributed by atoms with Gasteiger partial charge in [0.25, 0.3) is 0 Å². The number of aromatic nitrogens is 2. The summed E-state index contributed by atoms with van der Waals surface area (Å²) in [5.41, 5.74) is 2.94. The van der Waals surface area contributed by atoms with Crippen LogP contribution in [-0.2, 0) is 20.1 Å². The van der Waals surface area contributed by atoms with Crippen molar-refractivity contribution in [3.05, 3.63) is 53.6 Å². The van der Waals surface area contributed by atoms with Crippen molar-refractivity contribution < 1.29 is 0 Å². The zero-order chi connectivity index (χ0) is 13.9. The van der Waals surface area contributed by atoms with Gasteiger partial charge in [-0.3, -0.25) is 4.90 Å². The Morgan fingerprint density at radius 1 is 1.40 bits per heavy atom. The van der Waals surface area contributed by atoms with Crippen LogP contribution in [0.4, 0.5) is 0 Å². The van der Waals surface area contributed by atoms with E-state index in [9.17, 15) is 0 Å². The SMILES string of the molecule is CN(Cc1nccn1C)CC1CNCc2ccccc21. The first-order chi connectivity index (χ1) is 9.74. The molecule has 1 unspecified atom stereocenters. The van der Waals surface area contributed by atoms with Crippen LogP contribution in [0.25, 0.3) is 0 Å². The predicted octanol–water partition coefficient (Wildman–Crippen LogP) is 1.74. The predicted molar refractivity (Wildman–Crippen MR) is 80.4 cm³/mol. The maximum absolute atomic E-state index is 4.40. The molecule has 2 aromatic rings. The molecule has 1 N–H and O–H groups in total. The molecule has 0 spiro atoms. The average Bonchev–Trinajstić information content (AvgIpc) is 2.85. The van der Waals surface area contributed by atoms with Gasteiger partial charge in [-0.05, 0) is 18.2 Å². The molecule has 1 aromatic carbocycles. The third kappa shape index (κ3) is 2.76. The standard InChI is InChI=1S/C16H22N4/c1-19(12-16-18-7-8-20(16)2)11-14-10-17-9-13-5-3-4-6-15(13)14/h3-8,14,17H,9-12H2,1-2H3. The van der Waals surface area contributed by atoms with Crippen LogP contribution >= 0.6 is 0 Å². The fourth-order valence-corrected chi connectivity index (χ4v) is 2.98. The first-order valence-electron chi connectivity index (χ1n) is 7.17. The molecular weight excluding hydrogens is 248 g/mol. The fraction of sp³-hybridized carbons (Fsp3) is 0.438. The lowest BCUT2D eigenvalue weighted by molar-refractivity contribution is 0.284. The Bertz CT molecular complexity index is 575. The summed E-state index contributed by atoms with van der Waals surface area (Å²) in [6, 6.07) is 8.78. The number of benzene rings is 1. The summed E-state index contributed by atoms with van der Waals surface area (Å²) in [5.74, 6) is 1.68. The van der Waals surface area contributed by atoms with Crippen molar-refractivity contribution in [1.82, 2.24) is 19.8 Å². The van der Waals surface area contributed by atoms with Crippen LogP contribution in [0.1, 0.15) is 22.9 Å². The summed E-state index contributed by atoms with van der Waals surface area (Å²) in [4.78, 5) is 6.76. The molecule has 1 aliphatic rings. The van der Waals surface area contributed by atoms with Gasteiger partial charge in [0, 0.05) is 45.0 Å². The number of nitrogens with zero attached hydrogens (tertiary/aromatic N) is 3. The van der Waals surface area contributed by atoms with Crippen LogP contribution in [0.2, 0.25) is 0 Å². The van der Waals surface area contributed by atoms with Gasteiger partial charge in [0.1, 0.15) is 5.82 Å². The molecule has 0 radical (unpaired) electrons. The minimum Gasteiger partial charge on any atom is -0.337 e. The zero-order valence-corrected chi connectivity index (χ0v) is 12.2. The number of fused-ring (bicyclic) bond motifs is 1. The van der Waals surface area contributed by atoms with E-state index in [1.54, 1.807) is 0 Å². The van der Waals surface area contributed by atoms with E-state index in [-0.39, 0.29) is 0 Å². The van der Waals surface area contributed by atoms with Gasteiger partial charge in [-0.1, -0.05) is 24.3 Å². The number of hydrogen-bond donors (Lipinski definition) is 1. The van der Waals surface area contributed by atoms with Crippen molar-refractivity contribution in [3.8, 4) is 0 Å². The maximum atomic E-state index is 4.40. The van der Waals surface area contributed by atoms with Gasteiger partial charge >= 0.3 is 0 Å². The minimum atomic E-state index is 0.560. The normalized spacial score (nSPS) is 18.2. The summed E-state index contributed by atoms with van der Waals surface area (Å²) in [5, 5.41) is 3.52. The largest absolute Gasteiger partial charge is 0.337 e. The number of imidazole rings is 1. The highest BCUT2D eigenvalue weighted by Gasteiger charge is 2.21. The molecule has 1 atom stereocenters. The molecular formula is C16H22N4. The molecule has 4 nitrogen and oxygen atoms in total. The van der Waals surface area contributed by atoms with Crippen LogP contribution in [0.15, 0.2) is 36.7 Å². The maximum Gasteiger partial charge on any atom is 0.122 e. The lowest BCUT2D eigenvalue weighted by Crippen LogP contribution is -2.35. The second-order valence-corrected chi connectivity index (χ2v) is 5.68. The first kappa shape index (κ1) is 13.3. The van der Waals surface area contributed by atoms with Gasteiger partial charge in [0.05, 0.1) is 6.54 Å². The molecule has 0 saturated heterocycles. The Balaban J connectivity index is 1.68. The van der Waals surface area contributed by atoms with Crippen molar-refractivity contribution in [2.45, 2.75) is 19.0 Å². The summed E-state index contributed by atoms with van der Waals surface area (Å²) in [6.07, 6.45) is 3.86. The lowest BCUT2D eigenvalue weighted by Gasteiger charge is -2.29. The quantitative estimate of drug-likeness (QED) is 0.918. The van der Waals surface area contributed by atoms with E-state index in [0.717, 1.165) is 32.0 Å². The molecule has 1 aromatic heterocycles. The van der Waals surface area contributed by atoms with E-state index in [1.807, 2.05) is 19.4 Å². The summed E-state index contributed by atoms with van der Waals surface area (Å²) in [7, 11) is 4.22. The average molecular weight is 270 g/mol. The lowest BCUT2D eigenvalue weighted by atomic mass is 9.90. The van der Waals surface area contributed by atoms with Crippen LogP contribution in [0.3, 0.4) is 0 Å². The van der Waals surface area contributed by atoms with E-state index < -0.39 is 0 Å². The number of hydrogen-bond acceptors (Lipinski definition) is 3. The van der Waals surface area contributed by atoms with Gasteiger partial charge in [0.2, 0.25) is 0 Å². The number of aryl methyl sites for hydroxylation is 1. The Morgan fingerprint density at radius 3 is 3.05 bits per heavy atom. The molecule has 0 saturated carbocycles. The number of nitrogens with one attached hydrogen (secondary N) is 1. The highest BCUT2D eigenvalue weighted by Crippen LogP contribution is 2.24. The van der Waals surface area contributed by atoms with Gasteiger partial charge in [0.15, 0.2) is 0 Å². The van der Waals surface area contributed by atoms with Crippen molar-refractivity contribution in [2.24, 2.45) is 7.05 Å². The third-order valence-corrected chi connectivity index (χ3v) is 4.07. The second kappa shape index (κ2) is 5.77. The molecule has 0 aliphatic carbocycles. The molecule has 1 aliphatic heterocycles. The van der Waals surface area contributed by atoms with E-state index >= 15 is 0 Å². The van der Waals surface area contributed by atoms with E-state index in [0.29, 0.717) is 5.92 Å². The molecule has 0 amide bonds. The van der Waals surface area contributed by atoms with Gasteiger partial charge < -0.3 is 9.88 Å². The summed E-state index contributed by atoms with van der Waals surface area (Å²) < 4.78 is 2.09. The fourth-order valence-electron chi connectivity index (χ4n) is 2.98. The topological polar surface area (TPSA) is 33.1 Å². The monoisotopic (exact) mass is 270 g/mol. The van der Waals surface area contributed by atoms with Gasteiger partial charge in [-0.25, -0.2) is 4.98 Å². The molecule has 0 bridgehead atoms. The number of rotatable bonds is 4. The van der Waals surface area contributed by atoms with Crippen molar-refractivity contribution >= 4 is 0 Å². The molecule has 4 heteroatoms. The molecule has 3 rings (SSSR count). The van der Waals surface area contributed by atoms with E-state index in [2.05, 4.69) is 51.1 Å². The van der Waals surface area contributed by atoms with Crippen LogP contribution in [0, 0.1) is 0 Å².